The number of hydrogen-bond donors (Lipinski definition) is 0. The van der Waals surface area contributed by atoms with Crippen molar-refractivity contribution in [3.63, 3.8) is 0 Å². The molecule has 0 fully saturated rings. The van der Waals surface area contributed by atoms with Gasteiger partial charge in [0.2, 0.25) is 0 Å². The Morgan fingerprint density at radius 1 is 0.857 bits per heavy atom. The molecule has 0 aliphatic carbocycles. The lowest BCUT2D eigenvalue weighted by Gasteiger charge is -2.31. The van der Waals surface area contributed by atoms with E-state index in [0.29, 0.717) is 0 Å². The van der Waals surface area contributed by atoms with E-state index in [4.69, 9.17) is 4.43 Å². The summed E-state index contributed by atoms with van der Waals surface area (Å²) in [5.74, 6) is 0. The van der Waals surface area contributed by atoms with Crippen LogP contribution in [0.3, 0.4) is 0 Å². The molecule has 0 atom stereocenters. The van der Waals surface area contributed by atoms with Crippen molar-refractivity contribution in [2.75, 3.05) is 6.61 Å². The summed E-state index contributed by atoms with van der Waals surface area (Å²) in [5, 5.41) is 2.80. The Bertz CT molecular complexity index is 546. The molecule has 0 N–H and O–H groups in total. The van der Waals surface area contributed by atoms with Crippen LogP contribution in [0.1, 0.15) is 30.9 Å². The van der Waals surface area contributed by atoms with Crippen LogP contribution < -0.4 is 10.4 Å². The third kappa shape index (κ3) is 3.45. The molecule has 0 aromatic heterocycles. The quantitative estimate of drug-likeness (QED) is 0.582. The van der Waals surface area contributed by atoms with Gasteiger partial charge >= 0.3 is 0 Å². The number of rotatable bonds is 6. The Balaban J connectivity index is 2.49. The summed E-state index contributed by atoms with van der Waals surface area (Å²) in [6, 6.07) is 17.4. The van der Waals surface area contributed by atoms with E-state index in [1.807, 2.05) is 0 Å². The summed E-state index contributed by atoms with van der Waals surface area (Å²) in [7, 11) is -2.13. The summed E-state index contributed by atoms with van der Waals surface area (Å²) in [6.07, 6.45) is 2.30. The van der Waals surface area contributed by atoms with Crippen molar-refractivity contribution in [3.05, 3.63) is 59.7 Å². The first-order valence-corrected chi connectivity index (χ1v) is 10.3. The molecule has 2 aromatic carbocycles. The van der Waals surface area contributed by atoms with Crippen LogP contribution in [0, 0.1) is 13.8 Å². The Labute approximate surface area is 130 Å². The number of aryl methyl sites for hydroxylation is 2. The second-order valence-electron chi connectivity index (χ2n) is 5.87. The van der Waals surface area contributed by atoms with E-state index in [2.05, 4.69) is 75.8 Å². The Morgan fingerprint density at radius 3 is 1.76 bits per heavy atom. The molecule has 2 aromatic rings. The van der Waals surface area contributed by atoms with E-state index in [9.17, 15) is 0 Å². The second kappa shape index (κ2) is 7.06. The Kier molecular flexibility index (Phi) is 5.37. The van der Waals surface area contributed by atoms with Gasteiger partial charge in [0.1, 0.15) is 0 Å². The van der Waals surface area contributed by atoms with E-state index in [1.165, 1.54) is 27.9 Å². The molecule has 0 saturated heterocycles. The zero-order valence-corrected chi connectivity index (χ0v) is 14.6. The van der Waals surface area contributed by atoms with Gasteiger partial charge in [0, 0.05) is 6.61 Å². The van der Waals surface area contributed by atoms with Crippen molar-refractivity contribution in [2.24, 2.45) is 0 Å². The van der Waals surface area contributed by atoms with Crippen LogP contribution in [0.5, 0.6) is 0 Å². The van der Waals surface area contributed by atoms with E-state index in [0.717, 1.165) is 13.0 Å². The first-order valence-electron chi connectivity index (χ1n) is 7.85. The summed E-state index contributed by atoms with van der Waals surface area (Å²) >= 11 is 0. The molecule has 0 saturated carbocycles. The number of benzene rings is 2. The number of hydrogen-bond acceptors (Lipinski definition) is 1. The minimum atomic E-state index is -2.13. The van der Waals surface area contributed by atoms with E-state index < -0.39 is 8.32 Å². The molecule has 2 rings (SSSR count). The van der Waals surface area contributed by atoms with Crippen LogP contribution in [0.25, 0.3) is 0 Å². The van der Waals surface area contributed by atoms with E-state index >= 15 is 0 Å². The van der Waals surface area contributed by atoms with Gasteiger partial charge in [-0.2, -0.15) is 0 Å². The molecular formula is C19H26OSi. The van der Waals surface area contributed by atoms with Crippen molar-refractivity contribution < 1.29 is 4.43 Å². The van der Waals surface area contributed by atoms with Gasteiger partial charge in [-0.1, -0.05) is 61.9 Å². The van der Waals surface area contributed by atoms with E-state index in [1.54, 1.807) is 0 Å². The third-order valence-corrected chi connectivity index (χ3v) is 8.17. The second-order valence-corrected chi connectivity index (χ2v) is 9.30. The SMILES string of the molecule is CCCCO[Si](C)(c1ccccc1C)c1ccccc1C. The molecule has 0 radical (unpaired) electrons. The Morgan fingerprint density at radius 2 is 1.33 bits per heavy atom. The van der Waals surface area contributed by atoms with Gasteiger partial charge in [-0.15, -0.1) is 0 Å². The molecular weight excluding hydrogens is 272 g/mol. The lowest BCUT2D eigenvalue weighted by molar-refractivity contribution is 0.311. The zero-order chi connectivity index (χ0) is 15.3. The molecule has 0 aliphatic heterocycles. The highest BCUT2D eigenvalue weighted by Gasteiger charge is 2.36. The standard InChI is InChI=1S/C19H26OSi/c1-5-6-15-20-21(4,18-13-9-7-11-16(18)2)19-14-10-8-12-17(19)3/h7-14H,5-6,15H2,1-4H3. The molecule has 0 amide bonds. The third-order valence-electron chi connectivity index (χ3n) is 4.21. The molecule has 0 aliphatic rings. The lowest BCUT2D eigenvalue weighted by atomic mass is 10.2. The average Bonchev–Trinajstić information content (AvgIpc) is 2.48. The van der Waals surface area contributed by atoms with Gasteiger partial charge in [0.25, 0.3) is 8.32 Å². The number of unbranched alkanes of at least 4 members (excludes halogenated alkanes) is 1. The molecule has 2 heteroatoms. The molecule has 0 bridgehead atoms. The van der Waals surface area contributed by atoms with Crippen molar-refractivity contribution in [3.8, 4) is 0 Å². The smallest absolute Gasteiger partial charge is 0.253 e. The summed E-state index contributed by atoms with van der Waals surface area (Å²) in [6.45, 7) is 9.79. The molecule has 0 heterocycles. The van der Waals surface area contributed by atoms with Crippen molar-refractivity contribution >= 4 is 18.7 Å². The van der Waals surface area contributed by atoms with Crippen molar-refractivity contribution in [2.45, 2.75) is 40.2 Å². The zero-order valence-electron chi connectivity index (χ0n) is 13.6. The topological polar surface area (TPSA) is 9.23 Å². The predicted octanol–water partition coefficient (Wildman–Crippen LogP) is 3.81. The predicted molar refractivity (Wildman–Crippen MR) is 94.1 cm³/mol. The fourth-order valence-corrected chi connectivity index (χ4v) is 6.59. The molecule has 1 nitrogen and oxygen atoms in total. The van der Waals surface area contributed by atoms with Crippen LogP contribution in [0.4, 0.5) is 0 Å². The average molecular weight is 299 g/mol. The minimum Gasteiger partial charge on any atom is -0.408 e. The molecule has 0 unspecified atom stereocenters. The van der Waals surface area contributed by atoms with E-state index in [-0.39, 0.29) is 0 Å². The van der Waals surface area contributed by atoms with Crippen LogP contribution in [-0.4, -0.2) is 14.9 Å². The first kappa shape index (κ1) is 16.0. The molecule has 0 spiro atoms. The summed E-state index contributed by atoms with van der Waals surface area (Å²) in [5.41, 5.74) is 2.68. The molecule has 112 valence electrons. The largest absolute Gasteiger partial charge is 0.408 e. The minimum absolute atomic E-state index is 0.849. The van der Waals surface area contributed by atoms with Crippen LogP contribution in [0.2, 0.25) is 6.55 Å². The maximum atomic E-state index is 6.54. The normalized spacial score (nSPS) is 11.6. The fourth-order valence-electron chi connectivity index (χ4n) is 2.94. The molecule has 21 heavy (non-hydrogen) atoms. The lowest BCUT2D eigenvalue weighted by Crippen LogP contribution is -2.60. The summed E-state index contributed by atoms with van der Waals surface area (Å²) in [4.78, 5) is 0. The van der Waals surface area contributed by atoms with Crippen molar-refractivity contribution in [1.82, 2.24) is 0 Å². The van der Waals surface area contributed by atoms with Crippen LogP contribution in [0.15, 0.2) is 48.5 Å². The van der Waals surface area contributed by atoms with Crippen LogP contribution in [-0.2, 0) is 4.43 Å². The van der Waals surface area contributed by atoms with Gasteiger partial charge in [0.05, 0.1) is 0 Å². The highest BCUT2D eigenvalue weighted by Crippen LogP contribution is 2.13. The van der Waals surface area contributed by atoms with Gasteiger partial charge < -0.3 is 4.43 Å². The maximum Gasteiger partial charge on any atom is 0.253 e. The Hall–Kier alpha value is -1.38. The summed E-state index contributed by atoms with van der Waals surface area (Å²) < 4.78 is 6.54. The van der Waals surface area contributed by atoms with Gasteiger partial charge in [-0.25, -0.2) is 0 Å². The highest BCUT2D eigenvalue weighted by molar-refractivity contribution is 6.97. The highest BCUT2D eigenvalue weighted by atomic mass is 28.4. The van der Waals surface area contributed by atoms with Gasteiger partial charge in [-0.3, -0.25) is 0 Å². The van der Waals surface area contributed by atoms with Crippen molar-refractivity contribution in [1.29, 1.82) is 0 Å². The van der Waals surface area contributed by atoms with Gasteiger partial charge in [0.15, 0.2) is 0 Å². The maximum absolute atomic E-state index is 6.54. The monoisotopic (exact) mass is 298 g/mol. The van der Waals surface area contributed by atoms with Crippen LogP contribution >= 0.6 is 0 Å². The fraction of sp³-hybridized carbons (Fsp3) is 0.368. The van der Waals surface area contributed by atoms with Gasteiger partial charge in [-0.05, 0) is 48.3 Å². The first-order chi connectivity index (χ1) is 10.1.